The van der Waals surface area contributed by atoms with Crippen molar-refractivity contribution in [2.45, 2.75) is 68.5 Å². The highest BCUT2D eigenvalue weighted by atomic mass is 35.5. The molecule has 1 aliphatic heterocycles. The van der Waals surface area contributed by atoms with Gasteiger partial charge in [0.15, 0.2) is 0 Å². The number of rotatable bonds is 5. The first-order chi connectivity index (χ1) is 16.1. The van der Waals surface area contributed by atoms with Gasteiger partial charge < -0.3 is 10.1 Å². The summed E-state index contributed by atoms with van der Waals surface area (Å²) in [7, 11) is -3.87. The molecule has 0 bridgehead atoms. The number of nitrogens with one attached hydrogen (secondary N) is 1. The maximum atomic E-state index is 13.6. The van der Waals surface area contributed by atoms with Gasteiger partial charge in [-0.25, -0.2) is 13.4 Å². The van der Waals surface area contributed by atoms with Crippen LogP contribution in [-0.4, -0.2) is 46.0 Å². The first-order valence-electron chi connectivity index (χ1n) is 11.5. The molecule has 2 aliphatic rings. The number of piperidine rings is 1. The number of imidazole rings is 1. The van der Waals surface area contributed by atoms with Crippen LogP contribution in [-0.2, 0) is 10.0 Å². The van der Waals surface area contributed by atoms with Crippen LogP contribution in [0.15, 0.2) is 47.5 Å². The standard InChI is InChI=1S/C25H27Cl2N3O3S/c1-14-9-19(31)10-15(2)30(14)34(32,33)24-12-18(6-8-21(24)26)25-28-13-23(29-25)17-5-7-20(16-3-4-16)22(27)11-17/h5-8,11-16,19,31H,3-4,9-10H2,1-2H3,(H,28,29)/t14-,15?,19+/m1/s1. The quantitative estimate of drug-likeness (QED) is 0.442. The second-order valence-corrected chi connectivity index (χ2v) is 12.1. The van der Waals surface area contributed by atoms with Crippen LogP contribution in [0.1, 0.15) is 51.0 Å². The number of H-pyrrole nitrogens is 1. The van der Waals surface area contributed by atoms with Crippen molar-refractivity contribution in [3.8, 4) is 22.6 Å². The topological polar surface area (TPSA) is 86.3 Å². The molecule has 2 fully saturated rings. The van der Waals surface area contributed by atoms with E-state index in [4.69, 9.17) is 23.2 Å². The number of aliphatic hydroxyl groups excluding tert-OH is 1. The van der Waals surface area contributed by atoms with Gasteiger partial charge in [0.1, 0.15) is 10.7 Å². The number of hydrogen-bond acceptors (Lipinski definition) is 4. The number of halogens is 2. The number of aliphatic hydroxyl groups is 1. The van der Waals surface area contributed by atoms with Gasteiger partial charge in [-0.1, -0.05) is 35.3 Å². The Bertz CT molecular complexity index is 1320. The molecule has 5 rings (SSSR count). The van der Waals surface area contributed by atoms with Crippen molar-refractivity contribution < 1.29 is 13.5 Å². The number of benzene rings is 2. The van der Waals surface area contributed by atoms with Crippen LogP contribution in [0.4, 0.5) is 0 Å². The summed E-state index contributed by atoms with van der Waals surface area (Å²) in [6.45, 7) is 3.62. The molecule has 2 aromatic carbocycles. The Morgan fingerprint density at radius 2 is 1.68 bits per heavy atom. The van der Waals surface area contributed by atoms with E-state index in [-0.39, 0.29) is 22.0 Å². The fourth-order valence-corrected chi connectivity index (χ4v) is 7.68. The molecule has 6 nitrogen and oxygen atoms in total. The van der Waals surface area contributed by atoms with Crippen molar-refractivity contribution in [1.82, 2.24) is 14.3 Å². The van der Waals surface area contributed by atoms with E-state index in [9.17, 15) is 13.5 Å². The van der Waals surface area contributed by atoms with Crippen molar-refractivity contribution >= 4 is 33.2 Å². The Balaban J connectivity index is 1.47. The van der Waals surface area contributed by atoms with Crippen molar-refractivity contribution in [2.24, 2.45) is 0 Å². The van der Waals surface area contributed by atoms with Gasteiger partial charge in [-0.15, -0.1) is 0 Å². The molecule has 2 N–H and O–H groups in total. The van der Waals surface area contributed by atoms with Crippen molar-refractivity contribution in [3.63, 3.8) is 0 Å². The lowest BCUT2D eigenvalue weighted by atomic mass is 9.98. The van der Waals surface area contributed by atoms with Gasteiger partial charge in [0.2, 0.25) is 10.0 Å². The number of aromatic amines is 1. The second-order valence-electron chi connectivity index (χ2n) is 9.46. The Morgan fingerprint density at radius 3 is 2.32 bits per heavy atom. The fraction of sp³-hybridized carbons (Fsp3) is 0.400. The van der Waals surface area contributed by atoms with E-state index in [0.717, 1.165) is 16.3 Å². The summed E-state index contributed by atoms with van der Waals surface area (Å²) in [6, 6.07) is 10.3. The maximum absolute atomic E-state index is 13.6. The zero-order valence-corrected chi connectivity index (χ0v) is 21.3. The molecule has 34 heavy (non-hydrogen) atoms. The SMILES string of the molecule is CC1C[C@@H](O)C[C@@H](C)N1S(=O)(=O)c1cc(-c2ncc(-c3ccc(C4CC4)c(Cl)c3)[nH]2)ccc1Cl. The number of aromatic nitrogens is 2. The molecular weight excluding hydrogens is 493 g/mol. The van der Waals surface area contributed by atoms with E-state index in [2.05, 4.69) is 16.0 Å². The average Bonchev–Trinajstić information content (AvgIpc) is 3.48. The van der Waals surface area contributed by atoms with Crippen LogP contribution < -0.4 is 0 Å². The van der Waals surface area contributed by atoms with Crippen molar-refractivity contribution in [2.75, 3.05) is 0 Å². The van der Waals surface area contributed by atoms with E-state index < -0.39 is 16.1 Å². The molecule has 0 radical (unpaired) electrons. The molecule has 1 unspecified atom stereocenters. The van der Waals surface area contributed by atoms with Gasteiger partial charge in [0.25, 0.3) is 0 Å². The molecule has 1 aliphatic carbocycles. The minimum absolute atomic E-state index is 0.0385. The molecule has 1 aromatic heterocycles. The Morgan fingerprint density at radius 1 is 1.00 bits per heavy atom. The number of hydrogen-bond donors (Lipinski definition) is 2. The molecule has 2 heterocycles. The smallest absolute Gasteiger partial charge is 0.245 e. The summed E-state index contributed by atoms with van der Waals surface area (Å²) in [5, 5.41) is 11.0. The summed E-state index contributed by atoms with van der Waals surface area (Å²) in [5.41, 5.74) is 3.52. The molecule has 0 spiro atoms. The summed E-state index contributed by atoms with van der Waals surface area (Å²) in [6.07, 6.45) is 4.37. The summed E-state index contributed by atoms with van der Waals surface area (Å²) in [5.74, 6) is 1.11. The van der Waals surface area contributed by atoms with E-state index in [1.165, 1.54) is 22.7 Å². The third-order valence-corrected chi connectivity index (χ3v) is 9.70. The third-order valence-electron chi connectivity index (χ3n) is 6.76. The van der Waals surface area contributed by atoms with Gasteiger partial charge in [-0.05, 0) is 75.3 Å². The minimum atomic E-state index is -3.87. The molecule has 9 heteroatoms. The van der Waals surface area contributed by atoms with Crippen LogP contribution in [0.25, 0.3) is 22.6 Å². The van der Waals surface area contributed by atoms with E-state index >= 15 is 0 Å². The molecule has 1 saturated carbocycles. The largest absolute Gasteiger partial charge is 0.393 e. The average molecular weight is 520 g/mol. The lowest BCUT2D eigenvalue weighted by Crippen LogP contribution is -2.51. The van der Waals surface area contributed by atoms with Gasteiger partial charge in [-0.2, -0.15) is 4.31 Å². The predicted molar refractivity (Wildman–Crippen MR) is 135 cm³/mol. The summed E-state index contributed by atoms with van der Waals surface area (Å²) >= 11 is 12.9. The van der Waals surface area contributed by atoms with Gasteiger partial charge in [0, 0.05) is 28.2 Å². The predicted octanol–water partition coefficient (Wildman–Crippen LogP) is 5.85. The zero-order chi connectivity index (χ0) is 24.2. The van der Waals surface area contributed by atoms with Crippen molar-refractivity contribution in [1.29, 1.82) is 0 Å². The van der Waals surface area contributed by atoms with E-state index in [0.29, 0.717) is 30.1 Å². The van der Waals surface area contributed by atoms with Crippen molar-refractivity contribution in [3.05, 3.63) is 58.2 Å². The molecule has 3 atom stereocenters. The molecule has 3 aromatic rings. The highest BCUT2D eigenvalue weighted by Crippen LogP contribution is 2.44. The van der Waals surface area contributed by atoms with E-state index in [1.807, 2.05) is 26.0 Å². The summed E-state index contributed by atoms with van der Waals surface area (Å²) < 4.78 is 28.6. The highest BCUT2D eigenvalue weighted by Gasteiger charge is 2.39. The third kappa shape index (κ3) is 4.40. The van der Waals surface area contributed by atoms with Gasteiger partial charge in [0.05, 0.1) is 23.0 Å². The van der Waals surface area contributed by atoms with E-state index in [1.54, 1.807) is 24.4 Å². The van der Waals surface area contributed by atoms with Crippen LogP contribution in [0.3, 0.4) is 0 Å². The normalized spacial score (nSPS) is 23.9. The number of nitrogens with zero attached hydrogens (tertiary/aromatic N) is 2. The van der Waals surface area contributed by atoms with Gasteiger partial charge in [-0.3, -0.25) is 0 Å². The molecule has 1 saturated heterocycles. The monoisotopic (exact) mass is 519 g/mol. The van der Waals surface area contributed by atoms with Crippen LogP contribution >= 0.6 is 23.2 Å². The van der Waals surface area contributed by atoms with Gasteiger partial charge >= 0.3 is 0 Å². The van der Waals surface area contributed by atoms with Crippen LogP contribution in [0, 0.1) is 0 Å². The first kappa shape index (κ1) is 23.8. The lowest BCUT2D eigenvalue weighted by Gasteiger charge is -2.40. The maximum Gasteiger partial charge on any atom is 0.245 e. The second kappa shape index (κ2) is 8.95. The zero-order valence-electron chi connectivity index (χ0n) is 19.0. The Labute approximate surface area is 210 Å². The molecule has 0 amide bonds. The fourth-order valence-electron chi connectivity index (χ4n) is 5.00. The molecule has 180 valence electrons. The number of sulfonamides is 1. The summed E-state index contributed by atoms with van der Waals surface area (Å²) in [4.78, 5) is 7.81. The highest BCUT2D eigenvalue weighted by molar-refractivity contribution is 7.89. The van der Waals surface area contributed by atoms with Crippen LogP contribution in [0.5, 0.6) is 0 Å². The first-order valence-corrected chi connectivity index (χ1v) is 13.7. The minimum Gasteiger partial charge on any atom is -0.393 e. The Hall–Kier alpha value is -1.90. The molecular formula is C25H27Cl2N3O3S. The Kier molecular flexibility index (Phi) is 6.27. The lowest BCUT2D eigenvalue weighted by molar-refractivity contribution is 0.0586. The van der Waals surface area contributed by atoms with Crippen LogP contribution in [0.2, 0.25) is 10.0 Å².